The van der Waals surface area contributed by atoms with Gasteiger partial charge in [-0.1, -0.05) is 0 Å². The summed E-state index contributed by atoms with van der Waals surface area (Å²) < 4.78 is 41.9. The zero-order valence-corrected chi connectivity index (χ0v) is 16.3. The molecule has 0 saturated heterocycles. The maximum Gasteiger partial charge on any atom is 0.354 e. The molecule has 1 spiro atoms. The molecule has 2 aromatic rings. The zero-order chi connectivity index (χ0) is 20.4. The number of urea groups is 1. The Bertz CT molecular complexity index is 1150. The molecular formula is C18H20F2N6O2S. The minimum Gasteiger partial charge on any atom is -0.305 e. The largest absolute Gasteiger partial charge is 0.354 e. The Morgan fingerprint density at radius 2 is 2.07 bits per heavy atom. The summed E-state index contributed by atoms with van der Waals surface area (Å²) in [6.07, 6.45) is 8.54. The summed E-state index contributed by atoms with van der Waals surface area (Å²) >= 11 is 0. The van der Waals surface area contributed by atoms with Gasteiger partial charge in [0.25, 0.3) is 0 Å². The number of nitrogens with zero attached hydrogens (tertiary/aromatic N) is 4. The highest BCUT2D eigenvalue weighted by molar-refractivity contribution is 7.91. The van der Waals surface area contributed by atoms with E-state index in [4.69, 9.17) is 10.1 Å². The maximum atomic E-state index is 12.7. The number of rotatable bonds is 3. The molecule has 0 aromatic carbocycles. The lowest BCUT2D eigenvalue weighted by Crippen LogP contribution is -2.19. The molecule has 154 valence electrons. The molecule has 1 atom stereocenters. The van der Waals surface area contributed by atoms with Gasteiger partial charge in [-0.05, 0) is 56.1 Å². The van der Waals surface area contributed by atoms with E-state index in [1.54, 1.807) is 0 Å². The summed E-state index contributed by atoms with van der Waals surface area (Å²) in [6, 6.07) is -0.860. The highest BCUT2D eigenvalue weighted by atomic mass is 32.2. The van der Waals surface area contributed by atoms with Crippen LogP contribution in [0.1, 0.15) is 54.7 Å². The molecule has 3 aliphatic rings. The van der Waals surface area contributed by atoms with Gasteiger partial charge in [0, 0.05) is 17.3 Å². The number of carbonyl (C=O) groups is 1. The minimum absolute atomic E-state index is 0.162. The Morgan fingerprint density at radius 3 is 2.76 bits per heavy atom. The summed E-state index contributed by atoms with van der Waals surface area (Å²) in [5.74, 6) is 0. The highest BCUT2D eigenvalue weighted by Crippen LogP contribution is 2.58. The van der Waals surface area contributed by atoms with Gasteiger partial charge < -0.3 is 5.32 Å². The number of hydrogen-bond donors (Lipinski definition) is 2. The van der Waals surface area contributed by atoms with Gasteiger partial charge in [0.15, 0.2) is 0 Å². The van der Waals surface area contributed by atoms with Crippen molar-refractivity contribution in [3.8, 4) is 0 Å². The lowest BCUT2D eigenvalue weighted by Gasteiger charge is -2.16. The Kier molecular flexibility index (Phi) is 4.04. The van der Waals surface area contributed by atoms with E-state index in [2.05, 4.69) is 14.8 Å². The second-order valence-corrected chi connectivity index (χ2v) is 9.69. The van der Waals surface area contributed by atoms with Crippen LogP contribution in [0, 0.1) is 0 Å². The summed E-state index contributed by atoms with van der Waals surface area (Å²) in [5.41, 5.74) is 5.03. The molecule has 0 radical (unpaired) electrons. The van der Waals surface area contributed by atoms with Crippen molar-refractivity contribution in [1.29, 1.82) is 0 Å². The summed E-state index contributed by atoms with van der Waals surface area (Å²) in [4.78, 5) is 17.3. The maximum absolute atomic E-state index is 12.7. The number of anilines is 1. The number of alkyl halides is 2. The summed E-state index contributed by atoms with van der Waals surface area (Å²) in [7, 11) is -3.70. The smallest absolute Gasteiger partial charge is 0.305 e. The van der Waals surface area contributed by atoms with Crippen LogP contribution in [0.15, 0.2) is 21.7 Å². The SMILES string of the molecule is N[S@](=O)(=NC(=O)Nc1c2c(nc3c1CCC31CC1)CCC2)c1cnn(C(F)F)c1. The van der Waals surface area contributed by atoms with Gasteiger partial charge in [-0.3, -0.25) is 4.98 Å². The van der Waals surface area contributed by atoms with Crippen LogP contribution >= 0.6 is 0 Å². The number of amides is 2. The predicted octanol–water partition coefficient (Wildman–Crippen LogP) is 3.07. The number of aromatic nitrogens is 3. The number of hydrogen-bond acceptors (Lipinski definition) is 4. The first-order valence-corrected chi connectivity index (χ1v) is 11.1. The lowest BCUT2D eigenvalue weighted by atomic mass is 10.0. The van der Waals surface area contributed by atoms with Gasteiger partial charge in [-0.2, -0.15) is 13.9 Å². The number of nitrogens with one attached hydrogen (secondary N) is 1. The minimum atomic E-state index is -3.70. The monoisotopic (exact) mass is 422 g/mol. The second kappa shape index (κ2) is 6.30. The van der Waals surface area contributed by atoms with E-state index < -0.39 is 22.5 Å². The van der Waals surface area contributed by atoms with Gasteiger partial charge >= 0.3 is 12.6 Å². The van der Waals surface area contributed by atoms with Crippen LogP contribution in [-0.2, 0) is 34.6 Å². The van der Waals surface area contributed by atoms with Crippen LogP contribution in [0.5, 0.6) is 0 Å². The predicted molar refractivity (Wildman–Crippen MR) is 101 cm³/mol. The molecule has 0 aliphatic heterocycles. The average molecular weight is 422 g/mol. The van der Waals surface area contributed by atoms with Gasteiger partial charge in [-0.15, -0.1) is 4.36 Å². The van der Waals surface area contributed by atoms with E-state index >= 15 is 0 Å². The average Bonchev–Trinajstić information content (AvgIpc) is 3.05. The quantitative estimate of drug-likeness (QED) is 0.791. The fraction of sp³-hybridized carbons (Fsp3) is 0.500. The third-order valence-corrected chi connectivity index (χ3v) is 7.42. The summed E-state index contributed by atoms with van der Waals surface area (Å²) in [5, 5.41) is 11.9. The number of fused-ring (bicyclic) bond motifs is 3. The van der Waals surface area contributed by atoms with Crippen molar-refractivity contribution < 1.29 is 17.8 Å². The molecule has 8 nitrogen and oxygen atoms in total. The van der Waals surface area contributed by atoms with Crippen LogP contribution in [0.3, 0.4) is 0 Å². The molecule has 2 aromatic heterocycles. The molecule has 1 saturated carbocycles. The first-order valence-electron chi connectivity index (χ1n) is 9.52. The van der Waals surface area contributed by atoms with Crippen molar-refractivity contribution in [3.05, 3.63) is 34.9 Å². The van der Waals surface area contributed by atoms with E-state index in [1.165, 1.54) is 0 Å². The Labute approximate surface area is 166 Å². The molecule has 3 N–H and O–H groups in total. The fourth-order valence-electron chi connectivity index (χ4n) is 4.46. The van der Waals surface area contributed by atoms with E-state index in [1.807, 2.05) is 0 Å². The van der Waals surface area contributed by atoms with Gasteiger partial charge in [-0.25, -0.2) is 18.8 Å². The number of aryl methyl sites for hydroxylation is 1. The first-order chi connectivity index (χ1) is 13.8. The van der Waals surface area contributed by atoms with Crippen molar-refractivity contribution in [2.75, 3.05) is 5.32 Å². The Morgan fingerprint density at radius 1 is 1.28 bits per heavy atom. The topological polar surface area (TPSA) is 115 Å². The molecular weight excluding hydrogens is 402 g/mol. The van der Waals surface area contributed by atoms with Crippen molar-refractivity contribution in [1.82, 2.24) is 14.8 Å². The van der Waals surface area contributed by atoms with E-state index in [0.29, 0.717) is 4.68 Å². The van der Waals surface area contributed by atoms with Crippen LogP contribution in [0.2, 0.25) is 0 Å². The third-order valence-electron chi connectivity index (χ3n) is 6.10. The molecule has 3 aliphatic carbocycles. The van der Waals surface area contributed by atoms with Gasteiger partial charge in [0.1, 0.15) is 14.8 Å². The molecule has 5 rings (SSSR count). The van der Waals surface area contributed by atoms with Crippen LogP contribution in [0.4, 0.5) is 19.3 Å². The Balaban J connectivity index is 1.48. The summed E-state index contributed by atoms with van der Waals surface area (Å²) in [6.45, 7) is -2.90. The Hall–Kier alpha value is -2.40. The van der Waals surface area contributed by atoms with Crippen LogP contribution < -0.4 is 10.5 Å². The van der Waals surface area contributed by atoms with Crippen molar-refractivity contribution in [2.45, 2.75) is 61.8 Å². The first kappa shape index (κ1) is 18.6. The number of nitrogens with two attached hydrogens (primary N) is 1. The molecule has 29 heavy (non-hydrogen) atoms. The van der Waals surface area contributed by atoms with Crippen molar-refractivity contribution >= 4 is 21.6 Å². The standard InChI is InChI=1S/C18H20F2N6O2S/c19-16(20)26-9-10(8-22-26)29(21,28)25-17(27)24-14-11-2-1-3-13(11)23-15-12(14)4-5-18(15)6-7-18/h8-9,16H,1-7H2,(H3,21,23,24,25,27,28)/t29-/m0/s1. The van der Waals surface area contributed by atoms with Gasteiger partial charge in [0.05, 0.1) is 17.6 Å². The third kappa shape index (κ3) is 3.03. The van der Waals surface area contributed by atoms with Gasteiger partial charge in [0.2, 0.25) is 0 Å². The van der Waals surface area contributed by atoms with Crippen LogP contribution in [-0.4, -0.2) is 25.0 Å². The molecule has 0 unspecified atom stereocenters. The number of pyridine rings is 1. The van der Waals surface area contributed by atoms with Crippen molar-refractivity contribution in [2.24, 2.45) is 9.50 Å². The fourth-order valence-corrected chi connectivity index (χ4v) is 5.32. The van der Waals surface area contributed by atoms with E-state index in [0.717, 1.165) is 85.5 Å². The van der Waals surface area contributed by atoms with E-state index in [9.17, 15) is 17.8 Å². The zero-order valence-electron chi connectivity index (χ0n) is 15.5. The number of carbonyl (C=O) groups excluding carboxylic acids is 1. The van der Waals surface area contributed by atoms with Crippen molar-refractivity contribution in [3.63, 3.8) is 0 Å². The van der Waals surface area contributed by atoms with Crippen LogP contribution in [0.25, 0.3) is 0 Å². The second-order valence-electron chi connectivity index (χ2n) is 7.90. The lowest BCUT2D eigenvalue weighted by molar-refractivity contribution is 0.0564. The highest BCUT2D eigenvalue weighted by Gasteiger charge is 2.51. The molecule has 0 bridgehead atoms. The molecule has 11 heteroatoms. The van der Waals surface area contributed by atoms with E-state index in [-0.39, 0.29) is 10.3 Å². The normalized spacial score (nSPS) is 20.4. The molecule has 2 amide bonds. The molecule has 2 heterocycles. The molecule has 1 fully saturated rings. The number of halogens is 2.